The van der Waals surface area contributed by atoms with Gasteiger partial charge in [0, 0.05) is 51.2 Å². The second-order valence-corrected chi connectivity index (χ2v) is 15.7. The molecule has 0 spiro atoms. The number of nitrogens with one attached hydrogen (secondary N) is 1. The monoisotopic (exact) mass is 685 g/mol. The third-order valence-corrected chi connectivity index (χ3v) is 11.9. The van der Waals surface area contributed by atoms with Crippen LogP contribution in [-0.2, 0) is 24.2 Å². The molecule has 2 saturated heterocycles. The summed E-state index contributed by atoms with van der Waals surface area (Å²) in [6.07, 6.45) is 7.79. The summed E-state index contributed by atoms with van der Waals surface area (Å²) < 4.78 is 13.1. The largest absolute Gasteiger partial charge is 0.493 e. The summed E-state index contributed by atoms with van der Waals surface area (Å²) in [4.78, 5) is 16.4. The van der Waals surface area contributed by atoms with Gasteiger partial charge in [0.15, 0.2) is 0 Å². The number of amides is 1. The van der Waals surface area contributed by atoms with E-state index in [0.717, 1.165) is 76.3 Å². The SMILES string of the molecule is CCC(C)Cc1cc(O[C@H]2CCc3c(-c4cccc(OCCCN5CCC5(C)C)c4C)cccc32)c(Cl)cc1CNCC1CCC(=O)N1C. The molecule has 0 radical (unpaired) electrons. The summed E-state index contributed by atoms with van der Waals surface area (Å²) in [6, 6.07) is 17.6. The van der Waals surface area contributed by atoms with E-state index in [1.807, 2.05) is 11.9 Å². The Morgan fingerprint density at radius 3 is 2.55 bits per heavy atom. The van der Waals surface area contributed by atoms with Gasteiger partial charge < -0.3 is 19.7 Å². The molecule has 6 nitrogen and oxygen atoms in total. The van der Waals surface area contributed by atoms with Crippen LogP contribution in [0.2, 0.25) is 5.02 Å². The minimum atomic E-state index is -0.0474. The number of hydrogen-bond donors (Lipinski definition) is 1. The molecular weight excluding hydrogens is 630 g/mol. The minimum absolute atomic E-state index is 0.0474. The molecule has 3 aromatic rings. The Balaban J connectivity index is 1.15. The quantitative estimate of drug-likeness (QED) is 0.162. The van der Waals surface area contributed by atoms with E-state index in [1.54, 1.807) is 0 Å². The fourth-order valence-electron chi connectivity index (χ4n) is 7.85. The molecule has 6 rings (SSSR count). The zero-order valence-electron chi connectivity index (χ0n) is 30.5. The second kappa shape index (κ2) is 15.4. The third kappa shape index (κ3) is 7.97. The number of carbonyl (C=O) groups excluding carboxylic acids is 1. The van der Waals surface area contributed by atoms with Crippen molar-refractivity contribution in [2.75, 3.05) is 33.3 Å². The van der Waals surface area contributed by atoms with Crippen LogP contribution in [0, 0.1) is 12.8 Å². The van der Waals surface area contributed by atoms with Crippen LogP contribution in [0.4, 0.5) is 0 Å². The van der Waals surface area contributed by atoms with Crippen LogP contribution in [0.1, 0.15) is 100 Å². The molecule has 1 amide bonds. The second-order valence-electron chi connectivity index (χ2n) is 15.3. The number of fused-ring (bicyclic) bond motifs is 1. The fraction of sp³-hybridized carbons (Fsp3) is 0.548. The van der Waals surface area contributed by atoms with Crippen LogP contribution in [0.25, 0.3) is 11.1 Å². The number of rotatable bonds is 15. The molecule has 3 aromatic carbocycles. The van der Waals surface area contributed by atoms with Crippen molar-refractivity contribution in [2.24, 2.45) is 5.92 Å². The van der Waals surface area contributed by atoms with Gasteiger partial charge in [-0.1, -0.05) is 62.2 Å². The zero-order valence-corrected chi connectivity index (χ0v) is 31.3. The topological polar surface area (TPSA) is 54.0 Å². The van der Waals surface area contributed by atoms with Gasteiger partial charge in [0.05, 0.1) is 11.6 Å². The molecular formula is C42H56ClN3O3. The molecule has 264 valence electrons. The van der Waals surface area contributed by atoms with Crippen molar-refractivity contribution < 1.29 is 14.3 Å². The predicted molar refractivity (Wildman–Crippen MR) is 201 cm³/mol. The van der Waals surface area contributed by atoms with Crippen LogP contribution in [0.3, 0.4) is 0 Å². The van der Waals surface area contributed by atoms with Crippen LogP contribution in [-0.4, -0.2) is 60.6 Å². The van der Waals surface area contributed by atoms with E-state index < -0.39 is 0 Å². The predicted octanol–water partition coefficient (Wildman–Crippen LogP) is 8.93. The smallest absolute Gasteiger partial charge is 0.222 e. The molecule has 2 unspecified atom stereocenters. The van der Waals surface area contributed by atoms with Crippen LogP contribution < -0.4 is 14.8 Å². The normalized spacial score (nSPS) is 20.7. The lowest BCUT2D eigenvalue weighted by atomic mass is 9.89. The summed E-state index contributed by atoms with van der Waals surface area (Å²) in [5.74, 6) is 2.53. The maximum atomic E-state index is 12.0. The minimum Gasteiger partial charge on any atom is -0.493 e. The molecule has 1 N–H and O–H groups in total. The first kappa shape index (κ1) is 35.8. The molecule has 3 atom stereocenters. The maximum absolute atomic E-state index is 12.0. The van der Waals surface area contributed by atoms with Gasteiger partial charge in [-0.25, -0.2) is 0 Å². The molecule has 0 saturated carbocycles. The Bertz CT molecular complexity index is 1640. The number of ether oxygens (including phenoxy) is 2. The molecule has 3 aliphatic rings. The van der Waals surface area contributed by atoms with Crippen molar-refractivity contribution in [1.82, 2.24) is 15.1 Å². The van der Waals surface area contributed by atoms with E-state index in [-0.39, 0.29) is 18.1 Å². The van der Waals surface area contributed by atoms with Crippen molar-refractivity contribution in [2.45, 2.75) is 110 Å². The number of likely N-dealkylation sites (tertiary alicyclic amines) is 2. The van der Waals surface area contributed by atoms with Gasteiger partial charge in [0.25, 0.3) is 0 Å². The first-order valence-corrected chi connectivity index (χ1v) is 19.0. The number of benzene rings is 3. The third-order valence-electron chi connectivity index (χ3n) is 11.6. The van der Waals surface area contributed by atoms with E-state index in [1.165, 1.54) is 51.9 Å². The Morgan fingerprint density at radius 2 is 1.84 bits per heavy atom. The van der Waals surface area contributed by atoms with Gasteiger partial charge in [-0.15, -0.1) is 0 Å². The van der Waals surface area contributed by atoms with E-state index in [4.69, 9.17) is 21.1 Å². The maximum Gasteiger partial charge on any atom is 0.222 e. The van der Waals surface area contributed by atoms with Gasteiger partial charge in [0.1, 0.15) is 17.6 Å². The lowest BCUT2D eigenvalue weighted by Gasteiger charge is -2.48. The average molecular weight is 686 g/mol. The summed E-state index contributed by atoms with van der Waals surface area (Å²) in [7, 11) is 1.91. The van der Waals surface area contributed by atoms with Crippen LogP contribution in [0.15, 0.2) is 48.5 Å². The molecule has 2 heterocycles. The van der Waals surface area contributed by atoms with Crippen LogP contribution >= 0.6 is 11.6 Å². The Kier molecular flexibility index (Phi) is 11.3. The van der Waals surface area contributed by atoms with Gasteiger partial charge in [0.2, 0.25) is 5.91 Å². The molecule has 7 heteroatoms. The Hall–Kier alpha value is -3.06. The fourth-order valence-corrected chi connectivity index (χ4v) is 8.08. The van der Waals surface area contributed by atoms with E-state index in [9.17, 15) is 4.79 Å². The molecule has 0 aromatic heterocycles. The number of carbonyl (C=O) groups is 1. The molecule has 2 aliphatic heterocycles. The summed E-state index contributed by atoms with van der Waals surface area (Å²) in [5.41, 5.74) is 9.14. The first-order valence-electron chi connectivity index (χ1n) is 18.6. The molecule has 2 fully saturated rings. The van der Waals surface area contributed by atoms with Crippen molar-refractivity contribution in [3.05, 3.63) is 81.4 Å². The van der Waals surface area contributed by atoms with Crippen LogP contribution in [0.5, 0.6) is 11.5 Å². The highest BCUT2D eigenvalue weighted by Gasteiger charge is 2.35. The lowest BCUT2D eigenvalue weighted by molar-refractivity contribution is -0.127. The van der Waals surface area contributed by atoms with E-state index >= 15 is 0 Å². The number of hydrogen-bond acceptors (Lipinski definition) is 5. The van der Waals surface area contributed by atoms with Crippen molar-refractivity contribution in [1.29, 1.82) is 0 Å². The highest BCUT2D eigenvalue weighted by molar-refractivity contribution is 6.32. The number of nitrogens with zero attached hydrogens (tertiary/aromatic N) is 2. The lowest BCUT2D eigenvalue weighted by Crippen LogP contribution is -2.55. The van der Waals surface area contributed by atoms with Gasteiger partial charge in [-0.05, 0) is 122 Å². The van der Waals surface area contributed by atoms with Crippen molar-refractivity contribution in [3.63, 3.8) is 0 Å². The summed E-state index contributed by atoms with van der Waals surface area (Å²) in [6.45, 7) is 15.9. The molecule has 49 heavy (non-hydrogen) atoms. The first-order chi connectivity index (χ1) is 23.6. The van der Waals surface area contributed by atoms with Gasteiger partial charge in [-0.2, -0.15) is 0 Å². The summed E-state index contributed by atoms with van der Waals surface area (Å²) in [5, 5.41) is 4.26. The number of likely N-dealkylation sites (N-methyl/N-ethyl adjacent to an activating group) is 1. The van der Waals surface area contributed by atoms with Crippen molar-refractivity contribution in [3.8, 4) is 22.6 Å². The van der Waals surface area contributed by atoms with Gasteiger partial charge >= 0.3 is 0 Å². The number of halogens is 1. The average Bonchev–Trinajstić information content (AvgIpc) is 3.64. The molecule has 0 bridgehead atoms. The highest BCUT2D eigenvalue weighted by atomic mass is 35.5. The Labute approximate surface area is 299 Å². The summed E-state index contributed by atoms with van der Waals surface area (Å²) >= 11 is 6.96. The van der Waals surface area contributed by atoms with Crippen molar-refractivity contribution >= 4 is 17.5 Å². The van der Waals surface area contributed by atoms with Gasteiger partial charge in [-0.3, -0.25) is 9.69 Å². The molecule has 1 aliphatic carbocycles. The van der Waals surface area contributed by atoms with E-state index in [0.29, 0.717) is 22.9 Å². The standard InChI is InChI=1S/C42H56ClN3O3/c1-7-28(2)23-30-25-40(37(43)24-31(30)26-44-27-32-15-18-41(47)45(32)6)49-39-17-16-35-34(12-8-13-36(35)39)33-11-9-14-38(29(33)3)48-22-10-20-46-21-19-42(46,4)5/h8-9,11-14,24-25,28,32,39,44H,7,10,15-23,26-27H2,1-6H3/t28?,32?,39-/m0/s1. The Morgan fingerprint density at radius 1 is 1.04 bits per heavy atom. The van der Waals surface area contributed by atoms with E-state index in [2.05, 4.69) is 93.4 Å². The highest BCUT2D eigenvalue weighted by Crippen LogP contribution is 2.43. The zero-order chi connectivity index (χ0) is 34.7.